The number of rotatable bonds is 6. The predicted octanol–water partition coefficient (Wildman–Crippen LogP) is 2.68. The number of piperazine rings is 1. The van der Waals surface area contributed by atoms with E-state index in [1.807, 2.05) is 4.90 Å². The molecular weight excluding hydrogens is 469 g/mol. The number of hydrogen-bond acceptors (Lipinski definition) is 8. The number of hydrogen-bond donors (Lipinski definition) is 0. The summed E-state index contributed by atoms with van der Waals surface area (Å²) in [5.74, 6) is -1.06. The monoisotopic (exact) mass is 496 g/mol. The molecule has 2 rings (SSSR count). The number of methoxy groups -OCH3 is 1. The third kappa shape index (κ3) is 7.77. The van der Waals surface area contributed by atoms with Crippen LogP contribution < -0.4 is 4.18 Å². The van der Waals surface area contributed by atoms with Gasteiger partial charge in [0.2, 0.25) is 0 Å². The van der Waals surface area contributed by atoms with Gasteiger partial charge in [0.15, 0.2) is 0 Å². The standard InChI is InChI=1S/C20H27F3N2O7S/c1-19(2,3)31-18(27)25-9-7-24(8-10-25)13-15-11-14(12-17(26)30-4)5-6-16(15)32-33(28,29)20(21,22)23/h5-6,11H,7-10,12-13H2,1-4H3. The van der Waals surface area contributed by atoms with Crippen LogP contribution in [0.15, 0.2) is 18.2 Å². The first kappa shape index (κ1) is 26.7. The van der Waals surface area contributed by atoms with Crippen LogP contribution in [0.1, 0.15) is 31.9 Å². The molecule has 0 atom stereocenters. The van der Waals surface area contributed by atoms with Crippen LogP contribution in [0.4, 0.5) is 18.0 Å². The Balaban J connectivity index is 2.18. The molecular formula is C20H27F3N2O7S. The Morgan fingerprint density at radius 2 is 1.67 bits per heavy atom. The van der Waals surface area contributed by atoms with Crippen molar-refractivity contribution in [2.45, 2.75) is 44.8 Å². The third-order valence-electron chi connectivity index (χ3n) is 4.60. The Hall–Kier alpha value is -2.54. The van der Waals surface area contributed by atoms with Crippen molar-refractivity contribution < 1.29 is 44.8 Å². The van der Waals surface area contributed by atoms with E-state index in [0.29, 0.717) is 31.7 Å². The second-order valence-electron chi connectivity index (χ2n) is 8.42. The quantitative estimate of drug-likeness (QED) is 0.337. The smallest absolute Gasteiger partial charge is 0.469 e. The van der Waals surface area contributed by atoms with E-state index in [2.05, 4.69) is 8.92 Å². The van der Waals surface area contributed by atoms with Crippen LogP contribution in [0, 0.1) is 0 Å². The molecule has 1 aromatic rings. The first-order valence-electron chi connectivity index (χ1n) is 10.0. The summed E-state index contributed by atoms with van der Waals surface area (Å²) in [5, 5.41) is 0. The summed E-state index contributed by atoms with van der Waals surface area (Å²) in [6.07, 6.45) is -0.620. The van der Waals surface area contributed by atoms with E-state index in [4.69, 9.17) is 4.74 Å². The average molecular weight is 497 g/mol. The number of halogens is 3. The van der Waals surface area contributed by atoms with Crippen molar-refractivity contribution >= 4 is 22.2 Å². The minimum Gasteiger partial charge on any atom is -0.469 e. The maximum atomic E-state index is 12.8. The fourth-order valence-electron chi connectivity index (χ4n) is 3.01. The molecule has 186 valence electrons. The van der Waals surface area contributed by atoms with E-state index in [1.165, 1.54) is 24.1 Å². The van der Waals surface area contributed by atoms with Gasteiger partial charge in [0, 0.05) is 38.3 Å². The van der Waals surface area contributed by atoms with E-state index >= 15 is 0 Å². The first-order chi connectivity index (χ1) is 15.1. The van der Waals surface area contributed by atoms with E-state index < -0.39 is 39.0 Å². The van der Waals surface area contributed by atoms with Crippen LogP contribution in [0.2, 0.25) is 0 Å². The maximum absolute atomic E-state index is 12.8. The largest absolute Gasteiger partial charge is 0.534 e. The molecule has 1 heterocycles. The van der Waals surface area contributed by atoms with Crippen LogP contribution in [-0.4, -0.2) is 74.7 Å². The van der Waals surface area contributed by atoms with Gasteiger partial charge in [0.1, 0.15) is 11.4 Å². The van der Waals surface area contributed by atoms with Crippen molar-refractivity contribution in [3.8, 4) is 5.75 Å². The molecule has 1 aromatic carbocycles. The van der Waals surface area contributed by atoms with Gasteiger partial charge in [-0.15, -0.1) is 0 Å². The molecule has 1 amide bonds. The van der Waals surface area contributed by atoms with Gasteiger partial charge >= 0.3 is 27.7 Å². The zero-order chi connectivity index (χ0) is 25.0. The van der Waals surface area contributed by atoms with Crippen LogP contribution in [0.5, 0.6) is 5.75 Å². The van der Waals surface area contributed by atoms with Gasteiger partial charge in [0.25, 0.3) is 0 Å². The first-order valence-corrected chi connectivity index (χ1v) is 11.4. The van der Waals surface area contributed by atoms with Crippen molar-refractivity contribution in [2.24, 2.45) is 0 Å². The molecule has 1 fully saturated rings. The highest BCUT2D eigenvalue weighted by Gasteiger charge is 2.48. The molecule has 0 bridgehead atoms. The predicted molar refractivity (Wildman–Crippen MR) is 111 cm³/mol. The van der Waals surface area contributed by atoms with Gasteiger partial charge in [-0.1, -0.05) is 12.1 Å². The maximum Gasteiger partial charge on any atom is 0.534 e. The van der Waals surface area contributed by atoms with E-state index in [1.54, 1.807) is 20.8 Å². The molecule has 1 saturated heterocycles. The highest BCUT2D eigenvalue weighted by Crippen LogP contribution is 2.30. The summed E-state index contributed by atoms with van der Waals surface area (Å²) in [5.41, 5.74) is -5.67. The third-order valence-corrected chi connectivity index (χ3v) is 5.57. The van der Waals surface area contributed by atoms with Gasteiger partial charge in [-0.25, -0.2) is 4.79 Å². The summed E-state index contributed by atoms with van der Waals surface area (Å²) < 4.78 is 75.7. The molecule has 0 aromatic heterocycles. The van der Waals surface area contributed by atoms with Gasteiger partial charge in [-0.2, -0.15) is 21.6 Å². The lowest BCUT2D eigenvalue weighted by Crippen LogP contribution is -2.49. The Bertz CT molecular complexity index is 967. The minimum atomic E-state index is -5.87. The molecule has 9 nitrogen and oxygen atoms in total. The number of benzene rings is 1. The van der Waals surface area contributed by atoms with Crippen LogP contribution in [-0.2, 0) is 37.4 Å². The van der Waals surface area contributed by atoms with Gasteiger partial charge in [0.05, 0.1) is 13.5 Å². The Kier molecular flexibility index (Phi) is 8.22. The van der Waals surface area contributed by atoms with Crippen molar-refractivity contribution in [2.75, 3.05) is 33.3 Å². The molecule has 13 heteroatoms. The van der Waals surface area contributed by atoms with E-state index in [-0.39, 0.29) is 18.5 Å². The van der Waals surface area contributed by atoms with Crippen molar-refractivity contribution in [1.29, 1.82) is 0 Å². The zero-order valence-corrected chi connectivity index (χ0v) is 19.6. The molecule has 33 heavy (non-hydrogen) atoms. The summed E-state index contributed by atoms with van der Waals surface area (Å²) in [6.45, 7) is 6.65. The lowest BCUT2D eigenvalue weighted by Gasteiger charge is -2.35. The number of amides is 1. The second kappa shape index (κ2) is 10.2. The van der Waals surface area contributed by atoms with Crippen LogP contribution in [0.25, 0.3) is 0 Å². The van der Waals surface area contributed by atoms with Crippen LogP contribution >= 0.6 is 0 Å². The fourth-order valence-corrected chi connectivity index (χ4v) is 3.50. The highest BCUT2D eigenvalue weighted by molar-refractivity contribution is 7.88. The molecule has 0 spiro atoms. The van der Waals surface area contributed by atoms with Gasteiger partial charge in [-0.05, 0) is 32.4 Å². The highest BCUT2D eigenvalue weighted by atomic mass is 32.2. The zero-order valence-electron chi connectivity index (χ0n) is 18.8. The number of carbonyl (C=O) groups is 2. The molecule has 1 aliphatic heterocycles. The second-order valence-corrected chi connectivity index (χ2v) is 9.96. The van der Waals surface area contributed by atoms with Gasteiger partial charge in [-0.3, -0.25) is 9.69 Å². The van der Waals surface area contributed by atoms with Crippen molar-refractivity contribution in [3.63, 3.8) is 0 Å². The fraction of sp³-hybridized carbons (Fsp3) is 0.600. The molecule has 0 aliphatic carbocycles. The lowest BCUT2D eigenvalue weighted by atomic mass is 10.1. The minimum absolute atomic E-state index is 0.0415. The Labute approximate surface area is 190 Å². The molecule has 1 aliphatic rings. The molecule has 0 saturated carbocycles. The van der Waals surface area contributed by atoms with E-state index in [9.17, 15) is 31.2 Å². The summed E-state index contributed by atoms with van der Waals surface area (Å²) in [6, 6.07) is 3.77. The number of esters is 1. The van der Waals surface area contributed by atoms with Crippen LogP contribution in [0.3, 0.4) is 0 Å². The van der Waals surface area contributed by atoms with E-state index in [0.717, 1.165) is 6.07 Å². The SMILES string of the molecule is COC(=O)Cc1ccc(OS(=O)(=O)C(F)(F)F)c(CN2CCN(C(=O)OC(C)(C)C)CC2)c1. The Morgan fingerprint density at radius 1 is 1.06 bits per heavy atom. The molecule has 0 radical (unpaired) electrons. The molecule has 0 unspecified atom stereocenters. The normalized spacial score (nSPS) is 15.8. The topological polar surface area (TPSA) is 102 Å². The lowest BCUT2D eigenvalue weighted by molar-refractivity contribution is -0.139. The average Bonchev–Trinajstić information content (AvgIpc) is 2.68. The number of alkyl halides is 3. The Morgan fingerprint density at radius 3 is 2.18 bits per heavy atom. The number of nitrogens with zero attached hydrogens (tertiary/aromatic N) is 2. The van der Waals surface area contributed by atoms with Crippen molar-refractivity contribution in [1.82, 2.24) is 9.80 Å². The molecule has 0 N–H and O–H groups in total. The summed E-state index contributed by atoms with van der Waals surface area (Å²) in [4.78, 5) is 27.1. The van der Waals surface area contributed by atoms with Gasteiger partial charge < -0.3 is 18.6 Å². The number of ether oxygens (including phenoxy) is 2. The van der Waals surface area contributed by atoms with Crippen molar-refractivity contribution in [3.05, 3.63) is 29.3 Å². The summed E-state index contributed by atoms with van der Waals surface area (Å²) in [7, 11) is -4.68. The summed E-state index contributed by atoms with van der Waals surface area (Å²) >= 11 is 0. The number of carbonyl (C=O) groups excluding carboxylic acids is 2.